The van der Waals surface area contributed by atoms with E-state index in [-0.39, 0.29) is 5.78 Å². The highest BCUT2D eigenvalue weighted by molar-refractivity contribution is 6.30. The van der Waals surface area contributed by atoms with E-state index in [1.165, 1.54) is 0 Å². The van der Waals surface area contributed by atoms with Crippen LogP contribution in [0, 0.1) is 0 Å². The second-order valence-corrected chi connectivity index (χ2v) is 4.34. The van der Waals surface area contributed by atoms with E-state index in [9.17, 15) is 4.79 Å². The Morgan fingerprint density at radius 3 is 2.59 bits per heavy atom. The van der Waals surface area contributed by atoms with E-state index in [4.69, 9.17) is 11.6 Å². The van der Waals surface area contributed by atoms with Crippen molar-refractivity contribution < 1.29 is 4.79 Å². The van der Waals surface area contributed by atoms with Crippen LogP contribution < -0.4 is 0 Å². The molecule has 5 heteroatoms. The van der Waals surface area contributed by atoms with E-state index >= 15 is 0 Å². The largest absolute Gasteiger partial charge is 0.299 e. The Hall–Kier alpha value is -1.68. The van der Waals surface area contributed by atoms with Gasteiger partial charge >= 0.3 is 0 Å². The van der Waals surface area contributed by atoms with E-state index in [2.05, 4.69) is 10.3 Å². The van der Waals surface area contributed by atoms with Crippen LogP contribution in [0.25, 0.3) is 0 Å². The Labute approximate surface area is 104 Å². The number of carbonyl (C=O) groups excluding carboxylic acids is 1. The molecule has 88 valence electrons. The maximum absolute atomic E-state index is 11.8. The van der Waals surface area contributed by atoms with Gasteiger partial charge in [0.15, 0.2) is 0 Å². The second-order valence-electron chi connectivity index (χ2n) is 3.90. The van der Waals surface area contributed by atoms with Crippen LogP contribution in [0.15, 0.2) is 30.5 Å². The van der Waals surface area contributed by atoms with Crippen LogP contribution in [0.4, 0.5) is 0 Å². The van der Waals surface area contributed by atoms with E-state index in [1.54, 1.807) is 30.1 Å². The van der Waals surface area contributed by atoms with Crippen molar-refractivity contribution in [3.05, 3.63) is 46.7 Å². The summed E-state index contributed by atoms with van der Waals surface area (Å²) in [7, 11) is 1.78. The third kappa shape index (κ3) is 3.39. The zero-order valence-electron chi connectivity index (χ0n) is 9.43. The maximum Gasteiger partial charge on any atom is 0.143 e. The second kappa shape index (κ2) is 5.10. The molecule has 0 atom stereocenters. The minimum atomic E-state index is 0.118. The van der Waals surface area contributed by atoms with Gasteiger partial charge in [-0.2, -0.15) is 0 Å². The standard InChI is InChI=1S/C12H12ClN3O/c1-16-8-11(14-15-16)7-12(17)6-9-2-4-10(13)5-3-9/h2-5,8H,6-7H2,1H3. The van der Waals surface area contributed by atoms with Gasteiger partial charge in [-0.1, -0.05) is 28.9 Å². The quantitative estimate of drug-likeness (QED) is 0.831. The van der Waals surface area contributed by atoms with Crippen LogP contribution >= 0.6 is 11.6 Å². The molecule has 0 bridgehead atoms. The number of halogens is 1. The highest BCUT2D eigenvalue weighted by Gasteiger charge is 2.07. The van der Waals surface area contributed by atoms with Crippen molar-refractivity contribution in [1.82, 2.24) is 15.0 Å². The molecular formula is C12H12ClN3O. The molecule has 0 fully saturated rings. The minimum Gasteiger partial charge on any atom is -0.299 e. The Morgan fingerprint density at radius 2 is 2.00 bits per heavy atom. The molecule has 1 heterocycles. The summed E-state index contributed by atoms with van der Waals surface area (Å²) in [5.74, 6) is 0.118. The molecule has 0 unspecified atom stereocenters. The summed E-state index contributed by atoms with van der Waals surface area (Å²) < 4.78 is 1.59. The van der Waals surface area contributed by atoms with Gasteiger partial charge in [-0.3, -0.25) is 9.48 Å². The van der Waals surface area contributed by atoms with Crippen molar-refractivity contribution in [3.63, 3.8) is 0 Å². The first-order chi connectivity index (χ1) is 8.13. The molecule has 17 heavy (non-hydrogen) atoms. The van der Waals surface area contributed by atoms with Crippen LogP contribution in [0.5, 0.6) is 0 Å². The Kier molecular flexibility index (Phi) is 3.54. The first-order valence-electron chi connectivity index (χ1n) is 5.25. The van der Waals surface area contributed by atoms with Crippen LogP contribution in [0.3, 0.4) is 0 Å². The summed E-state index contributed by atoms with van der Waals surface area (Å²) in [5.41, 5.74) is 1.66. The summed E-state index contributed by atoms with van der Waals surface area (Å²) in [4.78, 5) is 11.8. The van der Waals surface area contributed by atoms with Gasteiger partial charge < -0.3 is 0 Å². The van der Waals surface area contributed by atoms with Gasteiger partial charge in [0, 0.05) is 24.7 Å². The van der Waals surface area contributed by atoms with Gasteiger partial charge in [0.1, 0.15) is 5.78 Å². The molecule has 0 saturated carbocycles. The van der Waals surface area contributed by atoms with Crippen molar-refractivity contribution in [3.8, 4) is 0 Å². The predicted octanol–water partition coefficient (Wildman–Crippen LogP) is 1.82. The van der Waals surface area contributed by atoms with Crippen molar-refractivity contribution in [1.29, 1.82) is 0 Å². The fraction of sp³-hybridized carbons (Fsp3) is 0.250. The SMILES string of the molecule is Cn1cc(CC(=O)Cc2ccc(Cl)cc2)nn1. The molecule has 0 amide bonds. The maximum atomic E-state index is 11.8. The molecule has 0 aliphatic carbocycles. The van der Waals surface area contributed by atoms with Gasteiger partial charge in [-0.15, -0.1) is 5.10 Å². The summed E-state index contributed by atoms with van der Waals surface area (Å²) in [5, 5.41) is 8.34. The van der Waals surface area contributed by atoms with E-state index in [0.29, 0.717) is 23.6 Å². The minimum absolute atomic E-state index is 0.118. The monoisotopic (exact) mass is 249 g/mol. The number of benzene rings is 1. The summed E-state index contributed by atoms with van der Waals surface area (Å²) in [6.45, 7) is 0. The van der Waals surface area contributed by atoms with Crippen LogP contribution in [0.1, 0.15) is 11.3 Å². The van der Waals surface area contributed by atoms with Gasteiger partial charge in [0.25, 0.3) is 0 Å². The number of aromatic nitrogens is 3. The molecule has 0 N–H and O–H groups in total. The van der Waals surface area contributed by atoms with Gasteiger partial charge in [-0.25, -0.2) is 0 Å². The molecule has 4 nitrogen and oxygen atoms in total. The number of hydrogen-bond donors (Lipinski definition) is 0. The molecule has 0 spiro atoms. The third-order valence-electron chi connectivity index (χ3n) is 2.34. The molecular weight excluding hydrogens is 238 g/mol. The Morgan fingerprint density at radius 1 is 1.29 bits per heavy atom. The predicted molar refractivity (Wildman–Crippen MR) is 64.9 cm³/mol. The van der Waals surface area contributed by atoms with Gasteiger partial charge in [-0.05, 0) is 17.7 Å². The van der Waals surface area contributed by atoms with E-state index in [1.807, 2.05) is 12.1 Å². The van der Waals surface area contributed by atoms with Crippen LogP contribution in [-0.4, -0.2) is 20.8 Å². The molecule has 0 aliphatic heterocycles. The van der Waals surface area contributed by atoms with Gasteiger partial charge in [0.2, 0.25) is 0 Å². The number of Topliss-reactive ketones (excluding diaryl/α,β-unsaturated/α-hetero) is 1. The lowest BCUT2D eigenvalue weighted by atomic mass is 10.1. The fourth-order valence-electron chi connectivity index (χ4n) is 1.57. The molecule has 0 saturated heterocycles. The first-order valence-corrected chi connectivity index (χ1v) is 5.62. The van der Waals surface area contributed by atoms with Gasteiger partial charge in [0.05, 0.1) is 12.1 Å². The average molecular weight is 250 g/mol. The van der Waals surface area contributed by atoms with Crippen molar-refractivity contribution >= 4 is 17.4 Å². The lowest BCUT2D eigenvalue weighted by Crippen LogP contribution is -2.06. The molecule has 0 radical (unpaired) electrons. The Balaban J connectivity index is 1.95. The fourth-order valence-corrected chi connectivity index (χ4v) is 1.70. The molecule has 2 rings (SSSR count). The number of rotatable bonds is 4. The van der Waals surface area contributed by atoms with Crippen molar-refractivity contribution in [2.45, 2.75) is 12.8 Å². The number of carbonyl (C=O) groups is 1. The zero-order chi connectivity index (χ0) is 12.3. The molecule has 1 aromatic carbocycles. The Bertz CT molecular complexity index is 519. The molecule has 2 aromatic rings. The summed E-state index contributed by atoms with van der Waals surface area (Å²) in [6, 6.07) is 7.28. The van der Waals surface area contributed by atoms with Crippen LogP contribution in [0.2, 0.25) is 5.02 Å². The highest BCUT2D eigenvalue weighted by Crippen LogP contribution is 2.10. The average Bonchev–Trinajstić information content (AvgIpc) is 2.67. The summed E-state index contributed by atoms with van der Waals surface area (Å²) >= 11 is 5.77. The number of hydrogen-bond acceptors (Lipinski definition) is 3. The molecule has 0 aliphatic rings. The zero-order valence-corrected chi connectivity index (χ0v) is 10.2. The molecule has 1 aromatic heterocycles. The highest BCUT2D eigenvalue weighted by atomic mass is 35.5. The first kappa shape index (κ1) is 11.8. The van der Waals surface area contributed by atoms with E-state index in [0.717, 1.165) is 5.56 Å². The normalized spacial score (nSPS) is 10.5. The van der Waals surface area contributed by atoms with Crippen LogP contribution in [-0.2, 0) is 24.7 Å². The third-order valence-corrected chi connectivity index (χ3v) is 2.59. The lowest BCUT2D eigenvalue weighted by molar-refractivity contribution is -0.117. The van der Waals surface area contributed by atoms with Crippen molar-refractivity contribution in [2.24, 2.45) is 7.05 Å². The summed E-state index contributed by atoms with van der Waals surface area (Å²) in [6.07, 6.45) is 2.46. The number of nitrogens with zero attached hydrogens (tertiary/aromatic N) is 3. The lowest BCUT2D eigenvalue weighted by Gasteiger charge is -1.99. The number of aryl methyl sites for hydroxylation is 1. The van der Waals surface area contributed by atoms with Crippen molar-refractivity contribution in [2.75, 3.05) is 0 Å². The smallest absolute Gasteiger partial charge is 0.143 e. The topological polar surface area (TPSA) is 47.8 Å². The van der Waals surface area contributed by atoms with E-state index < -0.39 is 0 Å². The number of ketones is 1.